The van der Waals surface area contributed by atoms with Gasteiger partial charge in [0.15, 0.2) is 0 Å². The van der Waals surface area contributed by atoms with Crippen molar-refractivity contribution in [1.82, 2.24) is 9.97 Å². The maximum absolute atomic E-state index is 6.34. The van der Waals surface area contributed by atoms with Gasteiger partial charge in [-0.25, -0.2) is 9.97 Å². The normalized spacial score (nSPS) is 14.8. The Morgan fingerprint density at radius 1 is 0.900 bits per heavy atom. The summed E-state index contributed by atoms with van der Waals surface area (Å²) in [4.78, 5) is 9.23. The maximum Gasteiger partial charge on any atom is 0.230 e. The smallest absolute Gasteiger partial charge is 0.230 e. The van der Waals surface area contributed by atoms with E-state index in [1.54, 1.807) is 13.4 Å². The van der Waals surface area contributed by atoms with Gasteiger partial charge in [0.1, 0.15) is 17.8 Å². The SMILES string of the molecule is COc1ccc(-c2c(-c3ccccc3)oc3ncnc(CC4CCCCC4)c23)cc1. The summed E-state index contributed by atoms with van der Waals surface area (Å²) in [5.41, 5.74) is 4.98. The lowest BCUT2D eigenvalue weighted by molar-refractivity contribution is 0.355. The van der Waals surface area contributed by atoms with Crippen molar-refractivity contribution in [3.8, 4) is 28.2 Å². The van der Waals surface area contributed by atoms with Crippen LogP contribution in [-0.2, 0) is 6.42 Å². The molecule has 0 unspecified atom stereocenters. The summed E-state index contributed by atoms with van der Waals surface area (Å²) in [5, 5.41) is 1.05. The quantitative estimate of drug-likeness (QED) is 0.376. The molecule has 1 fully saturated rings. The summed E-state index contributed by atoms with van der Waals surface area (Å²) in [6.45, 7) is 0. The van der Waals surface area contributed by atoms with E-state index < -0.39 is 0 Å². The van der Waals surface area contributed by atoms with Crippen LogP contribution >= 0.6 is 0 Å². The molecule has 1 saturated carbocycles. The van der Waals surface area contributed by atoms with E-state index in [1.165, 1.54) is 32.1 Å². The van der Waals surface area contributed by atoms with Gasteiger partial charge in [0.05, 0.1) is 18.2 Å². The van der Waals surface area contributed by atoms with Gasteiger partial charge in [-0.1, -0.05) is 74.6 Å². The van der Waals surface area contributed by atoms with Crippen molar-refractivity contribution in [3.63, 3.8) is 0 Å². The number of rotatable bonds is 5. The zero-order chi connectivity index (χ0) is 20.3. The Balaban J connectivity index is 1.70. The van der Waals surface area contributed by atoms with Crippen molar-refractivity contribution in [1.29, 1.82) is 0 Å². The second-order valence-electron chi connectivity index (χ2n) is 8.11. The standard InChI is InChI=1S/C26H26N2O2/c1-29-21-14-12-19(13-15-21)23-24-22(16-18-8-4-2-5-9-18)27-17-28-26(24)30-25(23)20-10-6-3-7-11-20/h3,6-7,10-15,17-18H,2,4-5,8-9,16H2,1H3. The topological polar surface area (TPSA) is 48.2 Å². The molecule has 2 heterocycles. The highest BCUT2D eigenvalue weighted by molar-refractivity contribution is 6.01. The van der Waals surface area contributed by atoms with Crippen LogP contribution in [0.5, 0.6) is 5.75 Å². The van der Waals surface area contributed by atoms with Gasteiger partial charge in [-0.2, -0.15) is 0 Å². The predicted octanol–water partition coefficient (Wildman–Crippen LogP) is 6.69. The molecule has 0 aliphatic heterocycles. The second-order valence-corrected chi connectivity index (χ2v) is 8.11. The molecule has 152 valence electrons. The van der Waals surface area contributed by atoms with Crippen LogP contribution in [0.3, 0.4) is 0 Å². The van der Waals surface area contributed by atoms with E-state index >= 15 is 0 Å². The van der Waals surface area contributed by atoms with E-state index in [0.717, 1.165) is 45.7 Å². The molecule has 4 aromatic rings. The van der Waals surface area contributed by atoms with E-state index in [1.807, 2.05) is 30.3 Å². The first kappa shape index (κ1) is 18.9. The van der Waals surface area contributed by atoms with Crippen LogP contribution in [0.4, 0.5) is 0 Å². The van der Waals surface area contributed by atoms with Gasteiger partial charge < -0.3 is 9.15 Å². The van der Waals surface area contributed by atoms with Crippen LogP contribution in [0.15, 0.2) is 65.3 Å². The van der Waals surface area contributed by atoms with Crippen LogP contribution in [0.1, 0.15) is 37.8 Å². The van der Waals surface area contributed by atoms with Gasteiger partial charge in [0.2, 0.25) is 5.71 Å². The van der Waals surface area contributed by atoms with Crippen molar-refractivity contribution in [2.45, 2.75) is 38.5 Å². The largest absolute Gasteiger partial charge is 0.497 e. The summed E-state index contributed by atoms with van der Waals surface area (Å²) >= 11 is 0. The van der Waals surface area contributed by atoms with Gasteiger partial charge in [-0.3, -0.25) is 0 Å². The number of benzene rings is 2. The second kappa shape index (κ2) is 8.31. The first-order chi connectivity index (χ1) is 14.8. The number of fused-ring (bicyclic) bond motifs is 1. The summed E-state index contributed by atoms with van der Waals surface area (Å²) in [5.74, 6) is 2.38. The number of ether oxygens (including phenoxy) is 1. The number of methoxy groups -OCH3 is 1. The summed E-state index contributed by atoms with van der Waals surface area (Å²) < 4.78 is 11.7. The summed E-state index contributed by atoms with van der Waals surface area (Å²) in [6.07, 6.45) is 9.21. The van der Waals surface area contributed by atoms with E-state index in [9.17, 15) is 0 Å². The number of nitrogens with zero attached hydrogens (tertiary/aromatic N) is 2. The monoisotopic (exact) mass is 398 g/mol. The number of hydrogen-bond donors (Lipinski definition) is 0. The Hall–Kier alpha value is -3.14. The highest BCUT2D eigenvalue weighted by Gasteiger charge is 2.24. The van der Waals surface area contributed by atoms with Gasteiger partial charge in [0.25, 0.3) is 0 Å². The fourth-order valence-corrected chi connectivity index (χ4v) is 4.64. The van der Waals surface area contributed by atoms with Crippen LogP contribution in [0.25, 0.3) is 33.6 Å². The van der Waals surface area contributed by atoms with Crippen molar-refractivity contribution in [2.75, 3.05) is 7.11 Å². The highest BCUT2D eigenvalue weighted by atomic mass is 16.5. The predicted molar refractivity (Wildman–Crippen MR) is 120 cm³/mol. The van der Waals surface area contributed by atoms with Gasteiger partial charge in [-0.05, 0) is 30.0 Å². The molecule has 4 nitrogen and oxygen atoms in total. The van der Waals surface area contributed by atoms with E-state index in [0.29, 0.717) is 11.6 Å². The van der Waals surface area contributed by atoms with Crippen molar-refractivity contribution >= 4 is 11.1 Å². The van der Waals surface area contributed by atoms with E-state index in [4.69, 9.17) is 14.1 Å². The van der Waals surface area contributed by atoms with Gasteiger partial charge in [-0.15, -0.1) is 0 Å². The highest BCUT2D eigenvalue weighted by Crippen LogP contribution is 2.42. The average molecular weight is 399 g/mol. The lowest BCUT2D eigenvalue weighted by Gasteiger charge is -2.21. The third kappa shape index (κ3) is 3.58. The van der Waals surface area contributed by atoms with Crippen molar-refractivity contribution in [2.24, 2.45) is 5.92 Å². The minimum absolute atomic E-state index is 0.667. The van der Waals surface area contributed by atoms with Gasteiger partial charge >= 0.3 is 0 Å². The Morgan fingerprint density at radius 2 is 1.67 bits per heavy atom. The first-order valence-electron chi connectivity index (χ1n) is 10.8. The molecule has 5 rings (SSSR count). The molecule has 2 aromatic heterocycles. The molecule has 0 radical (unpaired) electrons. The molecular formula is C26H26N2O2. The molecule has 0 bridgehead atoms. The molecule has 1 aliphatic rings. The molecule has 0 spiro atoms. The van der Waals surface area contributed by atoms with Crippen molar-refractivity contribution in [3.05, 3.63) is 66.6 Å². The molecule has 1 aliphatic carbocycles. The summed E-state index contributed by atoms with van der Waals surface area (Å²) in [7, 11) is 1.69. The van der Waals surface area contributed by atoms with Crippen LogP contribution in [0, 0.1) is 5.92 Å². The third-order valence-electron chi connectivity index (χ3n) is 6.19. The Labute approximate surface area is 176 Å². The maximum atomic E-state index is 6.34. The molecular weight excluding hydrogens is 372 g/mol. The summed E-state index contributed by atoms with van der Waals surface area (Å²) in [6, 6.07) is 18.4. The molecule has 30 heavy (non-hydrogen) atoms. The van der Waals surface area contributed by atoms with Crippen LogP contribution in [0.2, 0.25) is 0 Å². The zero-order valence-electron chi connectivity index (χ0n) is 17.3. The van der Waals surface area contributed by atoms with Gasteiger partial charge in [0, 0.05) is 11.1 Å². The third-order valence-corrected chi connectivity index (χ3v) is 6.19. The Bertz CT molecular complexity index is 1130. The van der Waals surface area contributed by atoms with E-state index in [-0.39, 0.29) is 0 Å². The van der Waals surface area contributed by atoms with Crippen LogP contribution in [-0.4, -0.2) is 17.1 Å². The zero-order valence-corrected chi connectivity index (χ0v) is 17.3. The number of furan rings is 1. The minimum atomic E-state index is 0.667. The molecule has 0 N–H and O–H groups in total. The molecule has 2 aromatic carbocycles. The number of hydrogen-bond acceptors (Lipinski definition) is 4. The fourth-order valence-electron chi connectivity index (χ4n) is 4.64. The first-order valence-corrected chi connectivity index (χ1v) is 10.8. The molecule has 0 atom stereocenters. The minimum Gasteiger partial charge on any atom is -0.497 e. The molecule has 0 amide bonds. The molecule has 0 saturated heterocycles. The Morgan fingerprint density at radius 3 is 2.40 bits per heavy atom. The van der Waals surface area contributed by atoms with Crippen LogP contribution < -0.4 is 4.74 Å². The lowest BCUT2D eigenvalue weighted by Crippen LogP contribution is -2.10. The van der Waals surface area contributed by atoms with Crippen molar-refractivity contribution < 1.29 is 9.15 Å². The average Bonchev–Trinajstić information content (AvgIpc) is 3.21. The number of aromatic nitrogens is 2. The molecule has 4 heteroatoms. The lowest BCUT2D eigenvalue weighted by atomic mass is 9.85. The fraction of sp³-hybridized carbons (Fsp3) is 0.308. The Kier molecular flexibility index (Phi) is 5.22. The van der Waals surface area contributed by atoms with E-state index in [2.05, 4.69) is 29.2 Å².